The zero-order chi connectivity index (χ0) is 28.0. The highest BCUT2D eigenvalue weighted by molar-refractivity contribution is 5.83. The Balaban J connectivity index is 1.97. The molecule has 3 aromatic carbocycles. The van der Waals surface area contributed by atoms with Crippen molar-refractivity contribution in [2.45, 2.75) is 58.5 Å². The Labute approximate surface area is 219 Å². The Morgan fingerprint density at radius 3 is 2.05 bits per heavy atom. The molecule has 8 heteroatoms. The number of aromatic nitrogens is 2. The van der Waals surface area contributed by atoms with Gasteiger partial charge in [-0.15, -0.1) is 0 Å². The number of benzene rings is 3. The maximum Gasteiger partial charge on any atom is 0.416 e. The van der Waals surface area contributed by atoms with Crippen LogP contribution in [0.15, 0.2) is 70.6 Å². The van der Waals surface area contributed by atoms with E-state index >= 15 is 0 Å². The fourth-order valence-electron chi connectivity index (χ4n) is 4.25. The third-order valence-corrected chi connectivity index (χ3v) is 6.27. The normalized spacial score (nSPS) is 13.0. The van der Waals surface area contributed by atoms with Crippen LogP contribution in [-0.4, -0.2) is 21.0 Å². The van der Waals surface area contributed by atoms with E-state index in [0.717, 1.165) is 16.8 Å². The first kappa shape index (κ1) is 27.1. The summed E-state index contributed by atoms with van der Waals surface area (Å²) in [5, 5.41) is 15.7. The summed E-state index contributed by atoms with van der Waals surface area (Å²) < 4.78 is 41.4. The van der Waals surface area contributed by atoms with Crippen molar-refractivity contribution in [3.63, 3.8) is 0 Å². The quantitative estimate of drug-likeness (QED) is 0.289. The maximum absolute atomic E-state index is 13.5. The fraction of sp³-hybridized carbons (Fsp3) is 0.300. The Morgan fingerprint density at radius 1 is 0.868 bits per heavy atom. The highest BCUT2D eigenvalue weighted by Gasteiger charge is 2.31. The third-order valence-electron chi connectivity index (χ3n) is 6.27. The van der Waals surface area contributed by atoms with E-state index < -0.39 is 17.3 Å². The summed E-state index contributed by atoms with van der Waals surface area (Å²) in [4.78, 5) is 18.0. The molecule has 4 rings (SSSR count). The Morgan fingerprint density at radius 2 is 1.47 bits per heavy atom. The van der Waals surface area contributed by atoms with Crippen molar-refractivity contribution in [1.82, 2.24) is 9.66 Å². The van der Waals surface area contributed by atoms with E-state index in [4.69, 9.17) is 0 Å². The van der Waals surface area contributed by atoms with Gasteiger partial charge in [0.15, 0.2) is 5.82 Å². The third kappa shape index (κ3) is 5.35. The smallest absolute Gasteiger partial charge is 0.416 e. The minimum atomic E-state index is -4.56. The van der Waals surface area contributed by atoms with Crippen molar-refractivity contribution in [2.75, 3.05) is 0 Å². The van der Waals surface area contributed by atoms with Crippen LogP contribution in [0.3, 0.4) is 0 Å². The molecule has 0 aliphatic rings. The van der Waals surface area contributed by atoms with Gasteiger partial charge in [-0.3, -0.25) is 4.79 Å². The predicted molar refractivity (Wildman–Crippen MR) is 145 cm³/mol. The van der Waals surface area contributed by atoms with Gasteiger partial charge in [0.1, 0.15) is 5.75 Å². The molecule has 0 aliphatic carbocycles. The lowest BCUT2D eigenvalue weighted by Crippen LogP contribution is -2.21. The molecular formula is C30H30F3N3O2. The minimum absolute atomic E-state index is 0.0121. The van der Waals surface area contributed by atoms with Crippen LogP contribution >= 0.6 is 0 Å². The van der Waals surface area contributed by atoms with Crippen LogP contribution in [0.4, 0.5) is 13.2 Å². The second-order valence-corrected chi connectivity index (χ2v) is 11.4. The molecule has 0 spiro atoms. The average molecular weight is 522 g/mol. The molecule has 5 nitrogen and oxygen atoms in total. The number of hydrogen-bond donors (Lipinski definition) is 1. The first-order valence-electron chi connectivity index (χ1n) is 12.2. The van der Waals surface area contributed by atoms with Gasteiger partial charge >= 0.3 is 6.18 Å². The first-order chi connectivity index (χ1) is 17.6. The number of hydrogen-bond acceptors (Lipinski definition) is 4. The van der Waals surface area contributed by atoms with Crippen LogP contribution in [0.25, 0.3) is 22.3 Å². The van der Waals surface area contributed by atoms with E-state index in [1.165, 1.54) is 18.3 Å². The highest BCUT2D eigenvalue weighted by Crippen LogP contribution is 2.39. The van der Waals surface area contributed by atoms with E-state index in [-0.39, 0.29) is 33.4 Å². The SMILES string of the molecule is CC(C)(C)c1cc(C=Nn2c(-c3cccc(C(F)(F)F)c3)nc3ccccc3c2=O)cc(C(C)(C)C)c1O. The number of halogens is 3. The number of rotatable bonds is 3. The number of phenols is 1. The predicted octanol–water partition coefficient (Wildman–Crippen LogP) is 7.27. The molecule has 38 heavy (non-hydrogen) atoms. The van der Waals surface area contributed by atoms with Gasteiger partial charge in [-0.2, -0.15) is 22.9 Å². The van der Waals surface area contributed by atoms with E-state index in [1.54, 1.807) is 36.4 Å². The minimum Gasteiger partial charge on any atom is -0.507 e. The van der Waals surface area contributed by atoms with Crippen molar-refractivity contribution in [1.29, 1.82) is 0 Å². The molecule has 0 fully saturated rings. The lowest BCUT2D eigenvalue weighted by Gasteiger charge is -2.27. The number of aromatic hydroxyl groups is 1. The molecule has 1 heterocycles. The first-order valence-corrected chi connectivity index (χ1v) is 12.2. The zero-order valence-electron chi connectivity index (χ0n) is 22.2. The molecule has 0 saturated heterocycles. The van der Waals surface area contributed by atoms with E-state index in [1.807, 2.05) is 41.5 Å². The van der Waals surface area contributed by atoms with Gasteiger partial charge in [0.05, 0.1) is 22.7 Å². The van der Waals surface area contributed by atoms with Gasteiger partial charge in [0.25, 0.3) is 5.56 Å². The lowest BCUT2D eigenvalue weighted by atomic mass is 9.78. The molecule has 4 aromatic rings. The van der Waals surface area contributed by atoms with E-state index in [2.05, 4.69) is 10.1 Å². The molecule has 0 radical (unpaired) electrons. The number of phenolic OH excluding ortho intramolecular Hbond substituents is 1. The summed E-state index contributed by atoms with van der Waals surface area (Å²) in [6, 6.07) is 14.9. The molecule has 0 saturated carbocycles. The van der Waals surface area contributed by atoms with Gasteiger partial charge in [0, 0.05) is 16.7 Å². The average Bonchev–Trinajstić information content (AvgIpc) is 2.82. The van der Waals surface area contributed by atoms with Crippen molar-refractivity contribution in [3.8, 4) is 17.1 Å². The Hall–Kier alpha value is -3.94. The van der Waals surface area contributed by atoms with Crippen LogP contribution in [0, 0.1) is 0 Å². The molecule has 0 amide bonds. The second-order valence-electron chi connectivity index (χ2n) is 11.4. The summed E-state index contributed by atoms with van der Waals surface area (Å²) in [6.07, 6.45) is -3.08. The van der Waals surface area contributed by atoms with Crippen molar-refractivity contribution >= 4 is 17.1 Å². The summed E-state index contributed by atoms with van der Waals surface area (Å²) in [5.41, 5.74) is 0.412. The van der Waals surface area contributed by atoms with Gasteiger partial charge in [-0.1, -0.05) is 65.8 Å². The van der Waals surface area contributed by atoms with Crippen molar-refractivity contribution < 1.29 is 18.3 Å². The van der Waals surface area contributed by atoms with Crippen molar-refractivity contribution in [3.05, 3.63) is 93.3 Å². The number of alkyl halides is 3. The zero-order valence-corrected chi connectivity index (χ0v) is 22.2. The molecule has 198 valence electrons. The van der Waals surface area contributed by atoms with Crippen LogP contribution < -0.4 is 5.56 Å². The summed E-state index contributed by atoms with van der Waals surface area (Å²) >= 11 is 0. The van der Waals surface area contributed by atoms with E-state index in [9.17, 15) is 23.1 Å². The summed E-state index contributed by atoms with van der Waals surface area (Å²) in [6.45, 7) is 11.9. The molecule has 1 aromatic heterocycles. The van der Waals surface area contributed by atoms with Crippen molar-refractivity contribution in [2.24, 2.45) is 5.10 Å². The Bertz CT molecular complexity index is 1570. The second kappa shape index (κ2) is 9.42. The number of fused-ring (bicyclic) bond motifs is 1. The largest absolute Gasteiger partial charge is 0.507 e. The monoisotopic (exact) mass is 521 g/mol. The van der Waals surface area contributed by atoms with Crippen LogP contribution in [0.5, 0.6) is 5.75 Å². The fourth-order valence-corrected chi connectivity index (χ4v) is 4.25. The van der Waals surface area contributed by atoms with Crippen LogP contribution in [0.1, 0.15) is 63.8 Å². The Kier molecular flexibility index (Phi) is 6.72. The van der Waals surface area contributed by atoms with Gasteiger partial charge in [-0.25, -0.2) is 4.98 Å². The lowest BCUT2D eigenvalue weighted by molar-refractivity contribution is -0.137. The molecule has 0 unspecified atom stereocenters. The number of nitrogens with zero attached hydrogens (tertiary/aromatic N) is 3. The maximum atomic E-state index is 13.5. The molecule has 0 aliphatic heterocycles. The highest BCUT2D eigenvalue weighted by atomic mass is 19.4. The van der Waals surface area contributed by atoms with Gasteiger partial charge in [0.2, 0.25) is 0 Å². The molecule has 0 atom stereocenters. The summed E-state index contributed by atoms with van der Waals surface area (Å²) in [5.74, 6) is 0.193. The van der Waals surface area contributed by atoms with E-state index in [0.29, 0.717) is 22.2 Å². The van der Waals surface area contributed by atoms with Crippen LogP contribution in [0.2, 0.25) is 0 Å². The van der Waals surface area contributed by atoms with Gasteiger partial charge in [-0.05, 0) is 52.8 Å². The van der Waals surface area contributed by atoms with Crippen LogP contribution in [-0.2, 0) is 17.0 Å². The topological polar surface area (TPSA) is 67.5 Å². The standard InChI is InChI=1S/C30H30F3N3O2/c1-28(2,3)22-14-18(15-23(25(22)37)29(4,5)6)17-34-36-26(19-10-9-11-20(16-19)30(31,32)33)35-24-13-8-7-12-21(24)27(36)38/h7-17,37H,1-6H3. The molecule has 0 bridgehead atoms. The van der Waals surface area contributed by atoms with Gasteiger partial charge < -0.3 is 5.11 Å². The summed E-state index contributed by atoms with van der Waals surface area (Å²) in [7, 11) is 0. The number of para-hydroxylation sites is 1. The molecule has 1 N–H and O–H groups in total. The molecular weight excluding hydrogens is 491 g/mol.